The van der Waals surface area contributed by atoms with Crippen molar-refractivity contribution in [3.05, 3.63) is 71.7 Å². The zero-order valence-corrected chi connectivity index (χ0v) is 11.5. The molecule has 0 saturated heterocycles. The summed E-state index contributed by atoms with van der Waals surface area (Å²) in [7, 11) is 0. The number of benzene rings is 1. The Balaban J connectivity index is 1.86. The van der Waals surface area contributed by atoms with E-state index in [1.807, 2.05) is 35.0 Å². The summed E-state index contributed by atoms with van der Waals surface area (Å²) in [5.41, 5.74) is 2.92. The molecule has 106 valence electrons. The van der Waals surface area contributed by atoms with Crippen molar-refractivity contribution in [1.82, 2.24) is 24.7 Å². The summed E-state index contributed by atoms with van der Waals surface area (Å²) in [6.07, 6.45) is 7.01. The van der Waals surface area contributed by atoms with Crippen LogP contribution in [0.25, 0.3) is 27.8 Å². The Bertz CT molecular complexity index is 987. The zero-order valence-electron chi connectivity index (χ0n) is 11.5. The minimum atomic E-state index is -0.234. The maximum Gasteiger partial charge on any atom is 0.273 e. The van der Waals surface area contributed by atoms with Crippen LogP contribution in [-0.2, 0) is 0 Å². The fourth-order valence-corrected chi connectivity index (χ4v) is 2.40. The van der Waals surface area contributed by atoms with Crippen LogP contribution in [0.1, 0.15) is 0 Å². The van der Waals surface area contributed by atoms with Gasteiger partial charge in [0.15, 0.2) is 0 Å². The second kappa shape index (κ2) is 4.92. The van der Waals surface area contributed by atoms with E-state index in [2.05, 4.69) is 20.2 Å². The van der Waals surface area contributed by atoms with Crippen molar-refractivity contribution < 1.29 is 0 Å². The fourth-order valence-electron chi connectivity index (χ4n) is 2.40. The van der Waals surface area contributed by atoms with Crippen LogP contribution >= 0.6 is 0 Å². The molecule has 0 unspecified atom stereocenters. The van der Waals surface area contributed by atoms with Gasteiger partial charge in [0.25, 0.3) is 5.56 Å². The molecule has 4 aromatic rings. The van der Waals surface area contributed by atoms with Crippen LogP contribution in [0.2, 0.25) is 0 Å². The molecule has 0 fully saturated rings. The maximum atomic E-state index is 11.8. The van der Waals surface area contributed by atoms with Gasteiger partial charge in [0.05, 0.1) is 11.7 Å². The molecular formula is C16H11N5O. The molecule has 0 aliphatic heterocycles. The molecule has 22 heavy (non-hydrogen) atoms. The van der Waals surface area contributed by atoms with E-state index < -0.39 is 0 Å². The van der Waals surface area contributed by atoms with Crippen LogP contribution in [0.3, 0.4) is 0 Å². The highest BCUT2D eigenvalue weighted by atomic mass is 16.1. The van der Waals surface area contributed by atoms with Gasteiger partial charge in [-0.2, -0.15) is 5.10 Å². The largest absolute Gasteiger partial charge is 0.306 e. The molecule has 1 aromatic carbocycles. The number of aromatic amines is 1. The molecule has 3 heterocycles. The van der Waals surface area contributed by atoms with Crippen LogP contribution in [-0.4, -0.2) is 24.7 Å². The van der Waals surface area contributed by atoms with E-state index >= 15 is 0 Å². The van der Waals surface area contributed by atoms with Gasteiger partial charge >= 0.3 is 0 Å². The van der Waals surface area contributed by atoms with Gasteiger partial charge < -0.3 is 4.57 Å². The van der Waals surface area contributed by atoms with Gasteiger partial charge in [0.2, 0.25) is 0 Å². The van der Waals surface area contributed by atoms with E-state index in [9.17, 15) is 4.79 Å². The third-order valence-electron chi connectivity index (χ3n) is 3.49. The molecule has 6 heteroatoms. The van der Waals surface area contributed by atoms with Crippen molar-refractivity contribution >= 4 is 10.9 Å². The third kappa shape index (κ3) is 1.98. The number of fused-ring (bicyclic) bond motifs is 1. The van der Waals surface area contributed by atoms with Gasteiger partial charge in [-0.1, -0.05) is 12.1 Å². The molecule has 0 amide bonds. The number of aromatic nitrogens is 5. The zero-order chi connectivity index (χ0) is 14.9. The molecule has 0 aliphatic carbocycles. The van der Waals surface area contributed by atoms with Crippen LogP contribution in [0.5, 0.6) is 0 Å². The highest BCUT2D eigenvalue weighted by molar-refractivity contribution is 5.90. The Kier molecular flexibility index (Phi) is 2.79. The second-order valence-corrected chi connectivity index (χ2v) is 4.82. The summed E-state index contributed by atoms with van der Waals surface area (Å²) in [5.74, 6) is 0. The number of rotatable bonds is 2. The van der Waals surface area contributed by atoms with E-state index in [0.717, 1.165) is 11.3 Å². The van der Waals surface area contributed by atoms with Gasteiger partial charge in [-0.25, -0.2) is 10.1 Å². The van der Waals surface area contributed by atoms with E-state index in [1.165, 1.54) is 0 Å². The Morgan fingerprint density at radius 2 is 1.91 bits per heavy atom. The summed E-state index contributed by atoms with van der Waals surface area (Å²) >= 11 is 0. The first-order chi connectivity index (χ1) is 10.8. The van der Waals surface area contributed by atoms with Crippen molar-refractivity contribution in [2.75, 3.05) is 0 Å². The molecule has 0 aliphatic rings. The van der Waals surface area contributed by atoms with Crippen molar-refractivity contribution in [3.8, 4) is 16.9 Å². The summed E-state index contributed by atoms with van der Waals surface area (Å²) in [4.78, 5) is 20.1. The molecule has 0 atom stereocenters. The number of pyridine rings is 1. The maximum absolute atomic E-state index is 11.8. The molecule has 6 nitrogen and oxygen atoms in total. The molecule has 0 bridgehead atoms. The number of hydrogen-bond acceptors (Lipinski definition) is 4. The Labute approximate surface area is 125 Å². The van der Waals surface area contributed by atoms with Crippen molar-refractivity contribution in [3.63, 3.8) is 0 Å². The monoisotopic (exact) mass is 289 g/mol. The lowest BCUT2D eigenvalue weighted by Crippen LogP contribution is -2.10. The first kappa shape index (κ1) is 12.5. The standard InChI is InChI=1S/C16H11N5O/c22-16-13-2-1-7-18-15(13)14(19-20-16)11-3-5-12(6-4-11)21-9-8-17-10-21/h1-10H,(H,20,22). The van der Waals surface area contributed by atoms with Crippen molar-refractivity contribution in [2.45, 2.75) is 0 Å². The Hall–Kier alpha value is -3.28. The lowest BCUT2D eigenvalue weighted by molar-refractivity contribution is 1.01. The van der Waals surface area contributed by atoms with E-state index in [0.29, 0.717) is 16.6 Å². The number of nitrogens with zero attached hydrogens (tertiary/aromatic N) is 4. The molecule has 1 N–H and O–H groups in total. The predicted octanol–water partition coefficient (Wildman–Crippen LogP) is 2.17. The minimum Gasteiger partial charge on any atom is -0.306 e. The normalized spacial score (nSPS) is 10.9. The van der Waals surface area contributed by atoms with E-state index in [1.54, 1.807) is 30.9 Å². The van der Waals surface area contributed by atoms with Gasteiger partial charge in [0, 0.05) is 29.8 Å². The topological polar surface area (TPSA) is 76.5 Å². The molecule has 0 saturated carbocycles. The van der Waals surface area contributed by atoms with Gasteiger partial charge in [-0.15, -0.1) is 0 Å². The second-order valence-electron chi connectivity index (χ2n) is 4.82. The first-order valence-corrected chi connectivity index (χ1v) is 6.75. The molecule has 0 radical (unpaired) electrons. The quantitative estimate of drug-likeness (QED) is 0.613. The lowest BCUT2D eigenvalue weighted by Gasteiger charge is -2.06. The van der Waals surface area contributed by atoms with Crippen molar-refractivity contribution in [2.24, 2.45) is 0 Å². The third-order valence-corrected chi connectivity index (χ3v) is 3.49. The number of nitrogens with one attached hydrogen (secondary N) is 1. The van der Waals surface area contributed by atoms with E-state index in [-0.39, 0.29) is 5.56 Å². The molecular weight excluding hydrogens is 278 g/mol. The number of H-pyrrole nitrogens is 1. The average molecular weight is 289 g/mol. The lowest BCUT2D eigenvalue weighted by atomic mass is 10.1. The van der Waals surface area contributed by atoms with Gasteiger partial charge in [0.1, 0.15) is 11.2 Å². The van der Waals surface area contributed by atoms with Gasteiger partial charge in [-0.3, -0.25) is 9.78 Å². The number of hydrogen-bond donors (Lipinski definition) is 1. The first-order valence-electron chi connectivity index (χ1n) is 6.75. The van der Waals surface area contributed by atoms with Crippen LogP contribution in [0.4, 0.5) is 0 Å². The Morgan fingerprint density at radius 3 is 2.68 bits per heavy atom. The summed E-state index contributed by atoms with van der Waals surface area (Å²) < 4.78 is 1.92. The number of imidazole rings is 1. The summed E-state index contributed by atoms with van der Waals surface area (Å²) in [5, 5.41) is 7.21. The fraction of sp³-hybridized carbons (Fsp3) is 0. The van der Waals surface area contributed by atoms with Crippen LogP contribution in [0, 0.1) is 0 Å². The molecule has 3 aromatic heterocycles. The van der Waals surface area contributed by atoms with Crippen molar-refractivity contribution in [1.29, 1.82) is 0 Å². The summed E-state index contributed by atoms with van der Waals surface area (Å²) in [6.45, 7) is 0. The van der Waals surface area contributed by atoms with Crippen LogP contribution < -0.4 is 5.56 Å². The predicted molar refractivity (Wildman–Crippen MR) is 82.7 cm³/mol. The van der Waals surface area contributed by atoms with E-state index in [4.69, 9.17) is 0 Å². The van der Waals surface area contributed by atoms with Gasteiger partial charge in [-0.05, 0) is 24.3 Å². The summed E-state index contributed by atoms with van der Waals surface area (Å²) in [6, 6.07) is 11.3. The average Bonchev–Trinajstić information content (AvgIpc) is 3.10. The minimum absolute atomic E-state index is 0.234. The Morgan fingerprint density at radius 1 is 1.05 bits per heavy atom. The smallest absolute Gasteiger partial charge is 0.273 e. The highest BCUT2D eigenvalue weighted by Crippen LogP contribution is 2.23. The SMILES string of the molecule is O=c1[nH]nc(-c2ccc(-n3ccnc3)cc2)c2ncccc12. The van der Waals surface area contributed by atoms with Crippen LogP contribution in [0.15, 0.2) is 66.1 Å². The molecule has 0 spiro atoms. The molecule has 4 rings (SSSR count). The highest BCUT2D eigenvalue weighted by Gasteiger charge is 2.09.